The molecule has 0 aromatic carbocycles. The summed E-state index contributed by atoms with van der Waals surface area (Å²) in [7, 11) is 0. The van der Waals surface area contributed by atoms with E-state index in [4.69, 9.17) is 13.9 Å². The van der Waals surface area contributed by atoms with Crippen LogP contribution in [0.5, 0.6) is 0 Å². The number of fused-ring (bicyclic) bond motifs is 2. The van der Waals surface area contributed by atoms with Crippen LogP contribution in [0, 0.1) is 0 Å². The summed E-state index contributed by atoms with van der Waals surface area (Å²) in [6, 6.07) is 3.48. The van der Waals surface area contributed by atoms with Crippen LogP contribution >= 0.6 is 0 Å². The zero-order chi connectivity index (χ0) is 16.5. The van der Waals surface area contributed by atoms with Crippen LogP contribution in [0.4, 0.5) is 8.78 Å². The molecule has 2 aliphatic rings. The van der Waals surface area contributed by atoms with E-state index >= 15 is 0 Å². The van der Waals surface area contributed by atoms with Crippen molar-refractivity contribution in [2.24, 2.45) is 0 Å². The molecule has 4 heterocycles. The third-order valence-electron chi connectivity index (χ3n) is 4.41. The first-order valence-electron chi connectivity index (χ1n) is 8.01. The molecule has 24 heavy (non-hydrogen) atoms. The molecule has 0 amide bonds. The van der Waals surface area contributed by atoms with Gasteiger partial charge in [-0.05, 0) is 37.8 Å². The highest BCUT2D eigenvalue weighted by atomic mass is 19.3. The van der Waals surface area contributed by atoms with Gasteiger partial charge in [0.1, 0.15) is 0 Å². The molecule has 0 aliphatic carbocycles. The van der Waals surface area contributed by atoms with Crippen molar-refractivity contribution < 1.29 is 22.7 Å². The molecule has 4 rings (SSSR count). The molecule has 2 aliphatic heterocycles. The lowest BCUT2D eigenvalue weighted by atomic mass is 10.1. The average molecular weight is 337 g/mol. The molecule has 2 bridgehead atoms. The first kappa shape index (κ1) is 15.6. The van der Waals surface area contributed by atoms with Crippen LogP contribution in [0.15, 0.2) is 22.7 Å². The molecular weight excluding hydrogens is 320 g/mol. The summed E-state index contributed by atoms with van der Waals surface area (Å²) in [6.45, 7) is 0.413. The van der Waals surface area contributed by atoms with Gasteiger partial charge in [-0.2, -0.15) is 8.78 Å². The van der Waals surface area contributed by atoms with Gasteiger partial charge in [-0.3, -0.25) is 4.98 Å². The molecule has 8 heteroatoms. The molecule has 0 saturated carbocycles. The van der Waals surface area contributed by atoms with Gasteiger partial charge in [0.05, 0.1) is 36.2 Å². The third-order valence-corrected chi connectivity index (χ3v) is 4.41. The lowest BCUT2D eigenvalue weighted by Gasteiger charge is -2.28. The van der Waals surface area contributed by atoms with Gasteiger partial charge in [-0.1, -0.05) is 0 Å². The zero-order valence-electron chi connectivity index (χ0n) is 12.9. The molecule has 3 atom stereocenters. The second-order valence-corrected chi connectivity index (χ2v) is 6.15. The molecule has 2 saturated heterocycles. The summed E-state index contributed by atoms with van der Waals surface area (Å²) < 4.78 is 41.5. The second-order valence-electron chi connectivity index (χ2n) is 6.15. The minimum absolute atomic E-state index is 0.0336. The molecular formula is C16H17F2N3O3. The van der Waals surface area contributed by atoms with Crippen molar-refractivity contribution in [3.8, 4) is 11.5 Å². The quantitative estimate of drug-likeness (QED) is 0.834. The van der Waals surface area contributed by atoms with Gasteiger partial charge >= 0.3 is 6.43 Å². The largest absolute Gasteiger partial charge is 0.415 e. The minimum Gasteiger partial charge on any atom is -0.415 e. The summed E-state index contributed by atoms with van der Waals surface area (Å²) in [5.74, 6) is -0.655. The molecule has 2 fully saturated rings. The average Bonchev–Trinajstić information content (AvgIpc) is 3.20. The van der Waals surface area contributed by atoms with E-state index in [1.807, 2.05) is 0 Å². The summed E-state index contributed by atoms with van der Waals surface area (Å²) in [5, 5.41) is 6.90. The molecule has 128 valence electrons. The number of ether oxygens (including phenoxy) is 2. The highest BCUT2D eigenvalue weighted by Gasteiger charge is 2.35. The van der Waals surface area contributed by atoms with Crippen LogP contribution in [-0.4, -0.2) is 33.5 Å². The first-order chi connectivity index (χ1) is 11.7. The number of pyridine rings is 1. The molecule has 0 N–H and O–H groups in total. The Morgan fingerprint density at radius 2 is 1.96 bits per heavy atom. The number of nitrogens with zero attached hydrogens (tertiary/aromatic N) is 3. The molecule has 0 spiro atoms. The summed E-state index contributed by atoms with van der Waals surface area (Å²) >= 11 is 0. The second kappa shape index (κ2) is 6.52. The topological polar surface area (TPSA) is 70.3 Å². The Labute approximate surface area is 137 Å². The van der Waals surface area contributed by atoms with Crippen LogP contribution in [0.1, 0.15) is 43.7 Å². The monoisotopic (exact) mass is 337 g/mol. The fourth-order valence-corrected chi connectivity index (χ4v) is 3.22. The van der Waals surface area contributed by atoms with Crippen LogP contribution in [0.3, 0.4) is 0 Å². The fourth-order valence-electron chi connectivity index (χ4n) is 3.22. The lowest BCUT2D eigenvalue weighted by molar-refractivity contribution is -0.0853. The normalized spacial score (nSPS) is 26.2. The van der Waals surface area contributed by atoms with E-state index in [9.17, 15) is 8.78 Å². The number of hydrogen-bond acceptors (Lipinski definition) is 6. The predicted octanol–water partition coefficient (Wildman–Crippen LogP) is 3.30. The highest BCUT2D eigenvalue weighted by Crippen LogP contribution is 2.34. The maximum atomic E-state index is 12.5. The Kier molecular flexibility index (Phi) is 4.24. The van der Waals surface area contributed by atoms with E-state index in [0.29, 0.717) is 24.4 Å². The molecule has 2 aromatic heterocycles. The molecule has 0 radical (unpaired) electrons. The van der Waals surface area contributed by atoms with Gasteiger partial charge in [0.15, 0.2) is 0 Å². The Morgan fingerprint density at radius 3 is 2.58 bits per heavy atom. The maximum absolute atomic E-state index is 12.5. The SMILES string of the molecule is FC(F)c1nnc(-c2ccc(CO[C@@H]3C[C@H]4CC[C@@H](C3)O4)nc2)o1. The smallest absolute Gasteiger partial charge is 0.314 e. The van der Waals surface area contributed by atoms with E-state index in [0.717, 1.165) is 31.4 Å². The van der Waals surface area contributed by atoms with E-state index in [-0.39, 0.29) is 12.0 Å². The third kappa shape index (κ3) is 3.29. The van der Waals surface area contributed by atoms with Gasteiger partial charge in [0.2, 0.25) is 5.89 Å². The maximum Gasteiger partial charge on any atom is 0.314 e. The van der Waals surface area contributed by atoms with Gasteiger partial charge in [-0.15, -0.1) is 10.2 Å². The Bertz CT molecular complexity index is 680. The van der Waals surface area contributed by atoms with Gasteiger partial charge in [-0.25, -0.2) is 0 Å². The number of aromatic nitrogens is 3. The van der Waals surface area contributed by atoms with Crippen LogP contribution < -0.4 is 0 Å². The summed E-state index contributed by atoms with van der Waals surface area (Å²) in [6.07, 6.45) is 3.76. The van der Waals surface area contributed by atoms with E-state index in [1.54, 1.807) is 12.1 Å². The lowest BCUT2D eigenvalue weighted by Crippen LogP contribution is -2.30. The number of halogens is 2. The van der Waals surface area contributed by atoms with Crippen molar-refractivity contribution in [3.05, 3.63) is 29.9 Å². The van der Waals surface area contributed by atoms with Crippen LogP contribution in [-0.2, 0) is 16.1 Å². The number of alkyl halides is 2. The molecule has 6 nitrogen and oxygen atoms in total. The Hall–Kier alpha value is -1.93. The van der Waals surface area contributed by atoms with Crippen molar-refractivity contribution in [1.29, 1.82) is 0 Å². The van der Waals surface area contributed by atoms with Crippen molar-refractivity contribution in [2.75, 3.05) is 0 Å². The van der Waals surface area contributed by atoms with Crippen molar-refractivity contribution in [3.63, 3.8) is 0 Å². The minimum atomic E-state index is -2.78. The van der Waals surface area contributed by atoms with E-state index < -0.39 is 12.3 Å². The van der Waals surface area contributed by atoms with Crippen LogP contribution in [0.2, 0.25) is 0 Å². The van der Waals surface area contributed by atoms with Gasteiger partial charge in [0, 0.05) is 6.20 Å². The fraction of sp³-hybridized carbons (Fsp3) is 0.562. The number of hydrogen-bond donors (Lipinski definition) is 0. The highest BCUT2D eigenvalue weighted by molar-refractivity contribution is 5.50. The standard InChI is InChI=1S/C16H17F2N3O3/c17-14(18)16-21-20-15(24-16)9-1-2-10(19-7-9)8-22-13-5-11-3-4-12(6-13)23-11/h1-2,7,11-14H,3-6,8H2/t11-,12+,13-. The van der Waals surface area contributed by atoms with Crippen molar-refractivity contribution in [1.82, 2.24) is 15.2 Å². The Balaban J connectivity index is 1.35. The molecule has 0 unspecified atom stereocenters. The summed E-state index contributed by atoms with van der Waals surface area (Å²) in [4.78, 5) is 4.28. The van der Waals surface area contributed by atoms with Crippen LogP contribution in [0.25, 0.3) is 11.5 Å². The first-order valence-corrected chi connectivity index (χ1v) is 8.01. The summed E-state index contributed by atoms with van der Waals surface area (Å²) in [5.41, 5.74) is 1.27. The zero-order valence-corrected chi connectivity index (χ0v) is 12.9. The van der Waals surface area contributed by atoms with Crippen molar-refractivity contribution >= 4 is 0 Å². The number of rotatable bonds is 5. The predicted molar refractivity (Wildman–Crippen MR) is 78.2 cm³/mol. The van der Waals surface area contributed by atoms with E-state index in [2.05, 4.69) is 15.2 Å². The van der Waals surface area contributed by atoms with Crippen molar-refractivity contribution in [2.45, 2.75) is 57.0 Å². The van der Waals surface area contributed by atoms with Gasteiger partial charge < -0.3 is 13.9 Å². The molecule has 2 aromatic rings. The Morgan fingerprint density at radius 1 is 1.17 bits per heavy atom. The van der Waals surface area contributed by atoms with E-state index in [1.165, 1.54) is 6.20 Å². The van der Waals surface area contributed by atoms with Gasteiger partial charge in [0.25, 0.3) is 5.89 Å².